The number of carboxylic acid groups (broad SMARTS) is 1. The first-order valence-corrected chi connectivity index (χ1v) is 6.19. The molecule has 17 heavy (non-hydrogen) atoms. The van der Waals surface area contributed by atoms with Crippen LogP contribution in [0, 0.1) is 0 Å². The summed E-state index contributed by atoms with van der Waals surface area (Å²) in [5.74, 6) is -1.32. The molecule has 2 heterocycles. The van der Waals surface area contributed by atoms with E-state index in [2.05, 4.69) is 5.32 Å². The van der Waals surface area contributed by atoms with Gasteiger partial charge >= 0.3 is 5.97 Å². The smallest absolute Gasteiger partial charge is 0.329 e. The number of nitrogens with one attached hydrogen (secondary N) is 1. The van der Waals surface area contributed by atoms with Crippen LogP contribution in [0.15, 0.2) is 17.5 Å². The minimum atomic E-state index is -1.18. The summed E-state index contributed by atoms with van der Waals surface area (Å²) in [7, 11) is 0. The summed E-state index contributed by atoms with van der Waals surface area (Å²) in [6.45, 7) is 0.716. The first-order chi connectivity index (χ1) is 8.14. The fourth-order valence-corrected chi connectivity index (χ4v) is 2.42. The Hall–Kier alpha value is -1.40. The number of amides is 1. The SMILES string of the molecule is O=C(NC1(C(=O)O)CCOCC1)c1cccs1. The molecule has 1 amide bonds. The zero-order chi connectivity index (χ0) is 12.3. The number of ether oxygens (including phenoxy) is 1. The lowest BCUT2D eigenvalue weighted by Gasteiger charge is -2.33. The zero-order valence-corrected chi connectivity index (χ0v) is 9.96. The van der Waals surface area contributed by atoms with Gasteiger partial charge in [-0.25, -0.2) is 4.79 Å². The Balaban J connectivity index is 2.13. The maximum atomic E-state index is 11.9. The second-order valence-electron chi connectivity index (χ2n) is 3.93. The third-order valence-electron chi connectivity index (χ3n) is 2.85. The Morgan fingerprint density at radius 2 is 2.12 bits per heavy atom. The van der Waals surface area contributed by atoms with Crippen molar-refractivity contribution in [3.05, 3.63) is 22.4 Å². The molecule has 0 radical (unpaired) electrons. The molecule has 5 nitrogen and oxygen atoms in total. The average molecular weight is 255 g/mol. The Kier molecular flexibility index (Phi) is 3.44. The van der Waals surface area contributed by atoms with Gasteiger partial charge < -0.3 is 15.2 Å². The van der Waals surface area contributed by atoms with Crippen molar-refractivity contribution in [3.8, 4) is 0 Å². The maximum absolute atomic E-state index is 11.9. The van der Waals surface area contributed by atoms with Crippen molar-refractivity contribution < 1.29 is 19.4 Å². The second-order valence-corrected chi connectivity index (χ2v) is 4.88. The molecule has 92 valence electrons. The van der Waals surface area contributed by atoms with Crippen LogP contribution in [0.5, 0.6) is 0 Å². The number of aliphatic carboxylic acids is 1. The number of thiophene rings is 1. The van der Waals surface area contributed by atoms with Gasteiger partial charge in [0, 0.05) is 26.1 Å². The van der Waals surface area contributed by atoms with Crippen molar-refractivity contribution >= 4 is 23.2 Å². The van der Waals surface area contributed by atoms with Crippen molar-refractivity contribution in [2.75, 3.05) is 13.2 Å². The van der Waals surface area contributed by atoms with Crippen LogP contribution in [0.1, 0.15) is 22.5 Å². The minimum absolute atomic E-state index is 0.305. The van der Waals surface area contributed by atoms with Gasteiger partial charge in [0.25, 0.3) is 5.91 Å². The normalized spacial score (nSPS) is 18.6. The second kappa shape index (κ2) is 4.85. The molecule has 0 saturated carbocycles. The van der Waals surface area contributed by atoms with E-state index in [-0.39, 0.29) is 5.91 Å². The minimum Gasteiger partial charge on any atom is -0.480 e. The lowest BCUT2D eigenvalue weighted by Crippen LogP contribution is -2.57. The molecular formula is C11H13NO4S. The molecule has 2 N–H and O–H groups in total. The highest BCUT2D eigenvalue weighted by Gasteiger charge is 2.41. The van der Waals surface area contributed by atoms with E-state index in [1.165, 1.54) is 11.3 Å². The highest BCUT2D eigenvalue weighted by Crippen LogP contribution is 2.22. The Morgan fingerprint density at radius 3 is 2.65 bits per heavy atom. The summed E-state index contributed by atoms with van der Waals surface area (Å²) in [6, 6.07) is 3.44. The van der Waals surface area contributed by atoms with E-state index >= 15 is 0 Å². The van der Waals surface area contributed by atoms with E-state index in [1.807, 2.05) is 0 Å². The molecule has 0 atom stereocenters. The molecular weight excluding hydrogens is 242 g/mol. The Labute approximate surface area is 102 Å². The first kappa shape index (κ1) is 12.1. The summed E-state index contributed by atoms with van der Waals surface area (Å²) in [5, 5.41) is 13.7. The van der Waals surface area contributed by atoms with Gasteiger partial charge in [-0.15, -0.1) is 11.3 Å². The molecule has 6 heteroatoms. The quantitative estimate of drug-likeness (QED) is 0.848. The van der Waals surface area contributed by atoms with Crippen LogP contribution < -0.4 is 5.32 Å². The molecule has 1 saturated heterocycles. The number of rotatable bonds is 3. The van der Waals surface area contributed by atoms with E-state index in [9.17, 15) is 14.7 Å². The van der Waals surface area contributed by atoms with E-state index in [0.29, 0.717) is 30.9 Å². The molecule has 0 aromatic carbocycles. The Morgan fingerprint density at radius 1 is 1.41 bits per heavy atom. The highest BCUT2D eigenvalue weighted by molar-refractivity contribution is 7.12. The van der Waals surface area contributed by atoms with Gasteiger partial charge in [0.1, 0.15) is 5.54 Å². The predicted molar refractivity (Wildman–Crippen MR) is 62.2 cm³/mol. The van der Waals surface area contributed by atoms with Gasteiger partial charge in [0.15, 0.2) is 0 Å². The van der Waals surface area contributed by atoms with Crippen molar-refractivity contribution in [2.45, 2.75) is 18.4 Å². The predicted octanol–water partition coefficient (Wildman–Crippen LogP) is 1.11. The van der Waals surface area contributed by atoms with Crippen LogP contribution >= 0.6 is 11.3 Å². The number of hydrogen-bond donors (Lipinski definition) is 2. The van der Waals surface area contributed by atoms with Crippen LogP contribution in [0.25, 0.3) is 0 Å². The molecule has 0 aliphatic carbocycles. The lowest BCUT2D eigenvalue weighted by atomic mass is 9.90. The number of carbonyl (C=O) groups is 2. The van der Waals surface area contributed by atoms with Crippen LogP contribution in [-0.4, -0.2) is 35.7 Å². The van der Waals surface area contributed by atoms with Crippen LogP contribution in [0.4, 0.5) is 0 Å². The third-order valence-corrected chi connectivity index (χ3v) is 3.72. The summed E-state index contributed by atoms with van der Waals surface area (Å²) >= 11 is 1.29. The van der Waals surface area contributed by atoms with Gasteiger partial charge in [-0.1, -0.05) is 6.07 Å². The van der Waals surface area contributed by atoms with Crippen molar-refractivity contribution in [2.24, 2.45) is 0 Å². The summed E-state index contributed by atoms with van der Waals surface area (Å²) in [5.41, 5.74) is -1.18. The molecule has 2 rings (SSSR count). The first-order valence-electron chi connectivity index (χ1n) is 5.31. The molecule has 1 fully saturated rings. The molecule has 1 aliphatic heterocycles. The van der Waals surface area contributed by atoms with Crippen molar-refractivity contribution in [1.29, 1.82) is 0 Å². The summed E-state index contributed by atoms with van der Waals surface area (Å²) in [6.07, 6.45) is 0.610. The van der Waals surface area contributed by atoms with Gasteiger partial charge in [-0.2, -0.15) is 0 Å². The van der Waals surface area contributed by atoms with Crippen LogP contribution in [-0.2, 0) is 9.53 Å². The third kappa shape index (κ3) is 2.48. The molecule has 1 aliphatic rings. The number of hydrogen-bond acceptors (Lipinski definition) is 4. The zero-order valence-electron chi connectivity index (χ0n) is 9.14. The fourth-order valence-electron chi connectivity index (χ4n) is 1.80. The summed E-state index contributed by atoms with van der Waals surface area (Å²) < 4.78 is 5.14. The fraction of sp³-hybridized carbons (Fsp3) is 0.455. The molecule has 1 aromatic heterocycles. The van der Waals surface area contributed by atoms with Gasteiger partial charge in [-0.05, 0) is 11.4 Å². The molecule has 0 bridgehead atoms. The number of carboxylic acids is 1. The molecule has 0 unspecified atom stereocenters. The monoisotopic (exact) mass is 255 g/mol. The van der Waals surface area contributed by atoms with Crippen molar-refractivity contribution in [1.82, 2.24) is 5.32 Å². The highest BCUT2D eigenvalue weighted by atomic mass is 32.1. The van der Waals surface area contributed by atoms with Gasteiger partial charge in [-0.3, -0.25) is 4.79 Å². The maximum Gasteiger partial charge on any atom is 0.329 e. The standard InChI is InChI=1S/C11H13NO4S/c13-9(8-2-1-7-17-8)12-11(10(14)15)3-5-16-6-4-11/h1-2,7H,3-6H2,(H,12,13)(H,14,15). The average Bonchev–Trinajstić information content (AvgIpc) is 2.83. The van der Waals surface area contributed by atoms with Crippen molar-refractivity contribution in [3.63, 3.8) is 0 Å². The van der Waals surface area contributed by atoms with E-state index in [4.69, 9.17) is 4.74 Å². The summed E-state index contributed by atoms with van der Waals surface area (Å²) in [4.78, 5) is 23.7. The van der Waals surface area contributed by atoms with Gasteiger partial charge in [0.2, 0.25) is 0 Å². The van der Waals surface area contributed by atoms with Crippen LogP contribution in [0.3, 0.4) is 0 Å². The number of carbonyl (C=O) groups excluding carboxylic acids is 1. The van der Waals surface area contributed by atoms with E-state index in [1.54, 1.807) is 17.5 Å². The Bertz CT molecular complexity index is 409. The lowest BCUT2D eigenvalue weighted by molar-refractivity contribution is -0.148. The molecule has 0 spiro atoms. The van der Waals surface area contributed by atoms with E-state index in [0.717, 1.165) is 0 Å². The topological polar surface area (TPSA) is 75.6 Å². The van der Waals surface area contributed by atoms with Gasteiger partial charge in [0.05, 0.1) is 4.88 Å². The van der Waals surface area contributed by atoms with E-state index < -0.39 is 11.5 Å². The van der Waals surface area contributed by atoms with Crippen LogP contribution in [0.2, 0.25) is 0 Å². The largest absolute Gasteiger partial charge is 0.480 e. The molecule has 1 aromatic rings.